The molecule has 0 radical (unpaired) electrons. The van der Waals surface area contributed by atoms with E-state index in [0.29, 0.717) is 57.1 Å². The van der Waals surface area contributed by atoms with Gasteiger partial charge in [0.2, 0.25) is 11.9 Å². The molecule has 0 bridgehead atoms. The molecule has 5 rings (SSSR count). The lowest BCUT2D eigenvalue weighted by atomic mass is 10.2. The van der Waals surface area contributed by atoms with Gasteiger partial charge in [0.15, 0.2) is 5.58 Å². The number of carbonyl (C=O) groups excluding carboxylic acids is 1. The molecule has 4 aromatic rings. The van der Waals surface area contributed by atoms with Crippen LogP contribution in [0.3, 0.4) is 0 Å². The van der Waals surface area contributed by atoms with Gasteiger partial charge in [-0.2, -0.15) is 4.68 Å². The molecule has 1 aliphatic rings. The zero-order chi connectivity index (χ0) is 21.9. The number of para-hydroxylation sites is 3. The third-order valence-corrected chi connectivity index (χ3v) is 5.72. The van der Waals surface area contributed by atoms with Gasteiger partial charge in [-0.05, 0) is 41.1 Å². The molecule has 0 unspecified atom stereocenters. The normalized spacial score (nSPS) is 14.2. The minimum absolute atomic E-state index is 0.0909. The van der Waals surface area contributed by atoms with E-state index in [-0.39, 0.29) is 11.7 Å². The van der Waals surface area contributed by atoms with E-state index in [9.17, 15) is 9.59 Å². The number of aryl methyl sites for hydroxylation is 1. The van der Waals surface area contributed by atoms with Crippen LogP contribution in [0.5, 0.6) is 0 Å². The van der Waals surface area contributed by atoms with Crippen LogP contribution in [0.1, 0.15) is 12.8 Å². The maximum absolute atomic E-state index is 12.7. The Morgan fingerprint density at radius 1 is 0.969 bits per heavy atom. The third kappa shape index (κ3) is 3.86. The number of benzene rings is 2. The highest BCUT2D eigenvalue weighted by atomic mass is 16.4. The first-order valence-corrected chi connectivity index (χ1v) is 10.7. The molecule has 1 aliphatic heterocycles. The average Bonchev–Trinajstić information content (AvgIpc) is 3.44. The van der Waals surface area contributed by atoms with Gasteiger partial charge in [-0.15, -0.1) is 0 Å². The smallest absolute Gasteiger partial charge is 0.408 e. The predicted molar refractivity (Wildman–Crippen MR) is 118 cm³/mol. The Labute approximate surface area is 183 Å². The van der Waals surface area contributed by atoms with Crippen molar-refractivity contribution in [1.29, 1.82) is 0 Å². The van der Waals surface area contributed by atoms with E-state index in [0.717, 1.165) is 11.2 Å². The van der Waals surface area contributed by atoms with Crippen molar-refractivity contribution in [2.45, 2.75) is 19.4 Å². The van der Waals surface area contributed by atoms with Gasteiger partial charge in [0.05, 0.1) is 11.2 Å². The Kier molecular flexibility index (Phi) is 5.40. The Morgan fingerprint density at radius 3 is 2.53 bits per heavy atom. The number of hydrogen-bond acceptors (Lipinski definition) is 7. The summed E-state index contributed by atoms with van der Waals surface area (Å²) in [6.07, 6.45) is 0.961. The Hall–Kier alpha value is -3.95. The van der Waals surface area contributed by atoms with Crippen LogP contribution < -0.4 is 10.7 Å². The molecule has 0 N–H and O–H groups in total. The van der Waals surface area contributed by atoms with E-state index in [1.54, 1.807) is 15.3 Å². The molecule has 1 amide bonds. The van der Waals surface area contributed by atoms with Crippen molar-refractivity contribution in [3.8, 4) is 5.69 Å². The molecule has 32 heavy (non-hydrogen) atoms. The van der Waals surface area contributed by atoms with E-state index in [4.69, 9.17) is 4.42 Å². The van der Waals surface area contributed by atoms with Crippen molar-refractivity contribution in [2.24, 2.45) is 0 Å². The van der Waals surface area contributed by atoms with E-state index in [1.807, 2.05) is 53.4 Å². The molecule has 10 heteroatoms. The molecule has 3 heterocycles. The van der Waals surface area contributed by atoms with E-state index >= 15 is 0 Å². The molecule has 10 nitrogen and oxygen atoms in total. The summed E-state index contributed by atoms with van der Waals surface area (Å²) in [5.74, 6) is 0.381. The predicted octanol–water partition coefficient (Wildman–Crippen LogP) is 1.70. The summed E-state index contributed by atoms with van der Waals surface area (Å²) < 4.78 is 8.55. The van der Waals surface area contributed by atoms with Gasteiger partial charge in [0.25, 0.3) is 0 Å². The Bertz CT molecular complexity index is 1270. The van der Waals surface area contributed by atoms with Crippen LogP contribution in [0.15, 0.2) is 63.8 Å². The molecular weight excluding hydrogens is 410 g/mol. The second-order valence-corrected chi connectivity index (χ2v) is 7.68. The lowest BCUT2D eigenvalue weighted by Gasteiger charge is -2.34. The lowest BCUT2D eigenvalue weighted by molar-refractivity contribution is -0.131. The van der Waals surface area contributed by atoms with Crippen LogP contribution >= 0.6 is 0 Å². The number of fused-ring (bicyclic) bond motifs is 1. The van der Waals surface area contributed by atoms with Gasteiger partial charge >= 0.3 is 5.76 Å². The molecule has 1 fully saturated rings. The summed E-state index contributed by atoms with van der Waals surface area (Å²) >= 11 is 0. The van der Waals surface area contributed by atoms with E-state index in [1.165, 1.54) is 0 Å². The fourth-order valence-electron chi connectivity index (χ4n) is 4.04. The van der Waals surface area contributed by atoms with Crippen LogP contribution in [-0.4, -0.2) is 61.8 Å². The van der Waals surface area contributed by atoms with Gasteiger partial charge in [-0.25, -0.2) is 4.79 Å². The van der Waals surface area contributed by atoms with Crippen LogP contribution in [0.4, 0.5) is 5.95 Å². The highest BCUT2D eigenvalue weighted by molar-refractivity contribution is 5.76. The zero-order valence-electron chi connectivity index (χ0n) is 17.5. The summed E-state index contributed by atoms with van der Waals surface area (Å²) in [6, 6.07) is 17.1. The first-order valence-electron chi connectivity index (χ1n) is 10.7. The van der Waals surface area contributed by atoms with Crippen molar-refractivity contribution in [2.75, 3.05) is 31.1 Å². The molecular formula is C22H23N7O3. The maximum atomic E-state index is 12.7. The molecule has 0 saturated carbocycles. The number of hydrogen-bond donors (Lipinski definition) is 0. The third-order valence-electron chi connectivity index (χ3n) is 5.72. The van der Waals surface area contributed by atoms with E-state index < -0.39 is 0 Å². The first kappa shape index (κ1) is 20.0. The van der Waals surface area contributed by atoms with Crippen molar-refractivity contribution in [1.82, 2.24) is 29.7 Å². The topological polar surface area (TPSA) is 102 Å². The number of oxazole rings is 1. The summed E-state index contributed by atoms with van der Waals surface area (Å²) in [7, 11) is 0. The first-order chi connectivity index (χ1) is 15.7. The molecule has 2 aromatic carbocycles. The van der Waals surface area contributed by atoms with Crippen molar-refractivity contribution < 1.29 is 9.21 Å². The number of aromatic nitrogens is 5. The highest BCUT2D eigenvalue weighted by Crippen LogP contribution is 2.18. The molecule has 0 atom stereocenters. The van der Waals surface area contributed by atoms with Crippen molar-refractivity contribution in [3.63, 3.8) is 0 Å². The van der Waals surface area contributed by atoms with Gasteiger partial charge in [0.1, 0.15) is 0 Å². The minimum Gasteiger partial charge on any atom is -0.408 e. The molecule has 0 aliphatic carbocycles. The maximum Gasteiger partial charge on any atom is 0.419 e. The van der Waals surface area contributed by atoms with E-state index in [2.05, 4.69) is 20.4 Å². The van der Waals surface area contributed by atoms with Crippen LogP contribution in [0, 0.1) is 0 Å². The number of amides is 1. The SMILES string of the molecule is O=C(CCCn1c(=O)oc2ccccc21)N1CCN(c2nnnn2-c2ccccc2)CC1. The van der Waals surface area contributed by atoms with Crippen molar-refractivity contribution >= 4 is 23.0 Å². The summed E-state index contributed by atoms with van der Waals surface area (Å²) in [5, 5.41) is 12.1. The zero-order valence-corrected chi connectivity index (χ0v) is 17.5. The quantitative estimate of drug-likeness (QED) is 0.456. The van der Waals surface area contributed by atoms with Gasteiger partial charge < -0.3 is 14.2 Å². The summed E-state index contributed by atoms with van der Waals surface area (Å²) in [6.45, 7) is 2.98. The fourth-order valence-corrected chi connectivity index (χ4v) is 4.04. The molecule has 164 valence electrons. The van der Waals surface area contributed by atoms with Crippen molar-refractivity contribution in [3.05, 3.63) is 65.1 Å². The summed E-state index contributed by atoms with van der Waals surface area (Å²) in [5.41, 5.74) is 2.22. The highest BCUT2D eigenvalue weighted by Gasteiger charge is 2.24. The lowest BCUT2D eigenvalue weighted by Crippen LogP contribution is -2.49. The largest absolute Gasteiger partial charge is 0.419 e. The Balaban J connectivity index is 1.16. The number of piperazine rings is 1. The minimum atomic E-state index is -0.386. The number of anilines is 1. The molecule has 1 saturated heterocycles. The second kappa shape index (κ2) is 8.66. The number of tetrazole rings is 1. The number of nitrogens with zero attached hydrogens (tertiary/aromatic N) is 7. The average molecular weight is 433 g/mol. The number of carbonyl (C=O) groups is 1. The van der Waals surface area contributed by atoms with Crippen LogP contribution in [0.25, 0.3) is 16.8 Å². The second-order valence-electron chi connectivity index (χ2n) is 7.68. The van der Waals surface area contributed by atoms with Gasteiger partial charge in [-0.1, -0.05) is 35.4 Å². The molecule has 2 aromatic heterocycles. The summed E-state index contributed by atoms with van der Waals surface area (Å²) in [4.78, 5) is 28.7. The van der Waals surface area contributed by atoms with Crippen LogP contribution in [-0.2, 0) is 11.3 Å². The van der Waals surface area contributed by atoms with Gasteiger partial charge in [0, 0.05) is 39.1 Å². The van der Waals surface area contributed by atoms with Gasteiger partial charge in [-0.3, -0.25) is 9.36 Å². The number of rotatable bonds is 6. The Morgan fingerprint density at radius 2 is 1.72 bits per heavy atom. The fraction of sp³-hybridized carbons (Fsp3) is 0.318. The standard InChI is InChI=1S/C22H23N7O3/c30-20(11-6-12-28-18-9-4-5-10-19(18)32-22(28)31)26-13-15-27(16-14-26)21-23-24-25-29(21)17-7-2-1-3-8-17/h1-5,7-10H,6,11-16H2. The monoisotopic (exact) mass is 433 g/mol. The van der Waals surface area contributed by atoms with Crippen LogP contribution in [0.2, 0.25) is 0 Å². The molecule has 0 spiro atoms.